The molecule has 0 saturated heterocycles. The minimum Gasteiger partial charge on any atom is -0.497 e. The third-order valence-corrected chi connectivity index (χ3v) is 7.69. The largest absolute Gasteiger partial charge is 0.497 e. The predicted octanol–water partition coefficient (Wildman–Crippen LogP) is 3.37. The van der Waals surface area contributed by atoms with Crippen LogP contribution in [0.2, 0.25) is 0 Å². The van der Waals surface area contributed by atoms with Crippen LogP contribution in [-0.2, 0) is 14.6 Å². The maximum atomic E-state index is 13.1. The number of hydrogen-bond donors (Lipinski definition) is 0. The topological polar surface area (TPSA) is 79.8 Å². The van der Waals surface area contributed by atoms with Gasteiger partial charge in [0.1, 0.15) is 5.75 Å². The molecule has 0 unspecified atom stereocenters. The van der Waals surface area contributed by atoms with Gasteiger partial charge in [-0.25, -0.2) is 13.4 Å². The van der Waals surface area contributed by atoms with Crippen molar-refractivity contribution in [1.29, 1.82) is 0 Å². The Kier molecular flexibility index (Phi) is 7.30. The van der Waals surface area contributed by atoms with E-state index in [9.17, 15) is 13.2 Å². The summed E-state index contributed by atoms with van der Waals surface area (Å²) in [4.78, 5) is 21.5. The summed E-state index contributed by atoms with van der Waals surface area (Å²) in [5, 5.41) is 0.595. The fraction of sp³-hybridized carbons (Fsp3) is 0.364. The lowest BCUT2D eigenvalue weighted by Crippen LogP contribution is -2.37. The smallest absolute Gasteiger partial charge is 0.229 e. The lowest BCUT2D eigenvalue weighted by atomic mass is 10.2. The molecule has 1 aromatic heterocycles. The van der Waals surface area contributed by atoms with Crippen LogP contribution >= 0.6 is 11.3 Å². The number of aryl methyl sites for hydroxylation is 1. The number of carbonyl (C=O) groups is 1. The molecule has 0 bridgehead atoms. The predicted molar refractivity (Wildman–Crippen MR) is 125 cm³/mol. The van der Waals surface area contributed by atoms with Gasteiger partial charge in [0, 0.05) is 19.5 Å². The second-order valence-corrected chi connectivity index (χ2v) is 10.6. The molecule has 0 fully saturated rings. The summed E-state index contributed by atoms with van der Waals surface area (Å²) >= 11 is 1.45. The number of para-hydroxylation sites is 1. The van der Waals surface area contributed by atoms with E-state index in [0.717, 1.165) is 15.8 Å². The molecule has 0 radical (unpaired) electrons. The zero-order chi connectivity index (χ0) is 22.6. The van der Waals surface area contributed by atoms with Crippen LogP contribution in [0.3, 0.4) is 0 Å². The van der Waals surface area contributed by atoms with E-state index in [1.807, 2.05) is 44.1 Å². The lowest BCUT2D eigenvalue weighted by molar-refractivity contribution is -0.118. The van der Waals surface area contributed by atoms with Crippen LogP contribution < -0.4 is 9.64 Å². The molecule has 0 saturated carbocycles. The van der Waals surface area contributed by atoms with E-state index in [0.29, 0.717) is 24.0 Å². The molecule has 0 aliphatic rings. The van der Waals surface area contributed by atoms with E-state index in [1.54, 1.807) is 17.0 Å². The molecule has 31 heavy (non-hydrogen) atoms. The van der Waals surface area contributed by atoms with Crippen LogP contribution in [0.15, 0.2) is 47.4 Å². The third-order valence-electron chi connectivity index (χ3n) is 4.92. The van der Waals surface area contributed by atoms with Gasteiger partial charge in [0.2, 0.25) is 5.91 Å². The Balaban J connectivity index is 1.80. The van der Waals surface area contributed by atoms with Crippen molar-refractivity contribution in [2.75, 3.05) is 44.9 Å². The average Bonchev–Trinajstić information content (AvgIpc) is 3.17. The van der Waals surface area contributed by atoms with E-state index < -0.39 is 9.84 Å². The van der Waals surface area contributed by atoms with Gasteiger partial charge in [-0.15, -0.1) is 0 Å². The molecule has 7 nitrogen and oxygen atoms in total. The SMILES string of the molecule is COc1ccc(S(=O)(=O)CCC(=O)N(CCN(C)C)c2nc3c(C)cccc3s2)cc1. The van der Waals surface area contributed by atoms with Gasteiger partial charge in [-0.2, -0.15) is 0 Å². The first-order valence-electron chi connectivity index (χ1n) is 9.89. The van der Waals surface area contributed by atoms with E-state index in [1.165, 1.54) is 30.6 Å². The standard InChI is InChI=1S/C22H27N3O4S2/c1-16-6-5-7-19-21(16)23-22(30-19)25(14-13-24(2)3)20(26)12-15-31(27,28)18-10-8-17(29-4)9-11-18/h5-11H,12-15H2,1-4H3. The van der Waals surface area contributed by atoms with Crippen molar-refractivity contribution in [3.63, 3.8) is 0 Å². The number of anilines is 1. The molecule has 1 amide bonds. The first-order valence-corrected chi connectivity index (χ1v) is 12.4. The van der Waals surface area contributed by atoms with Crippen molar-refractivity contribution in [3.05, 3.63) is 48.0 Å². The number of fused-ring (bicyclic) bond motifs is 1. The number of hydrogen-bond acceptors (Lipinski definition) is 7. The van der Waals surface area contributed by atoms with E-state index in [2.05, 4.69) is 4.98 Å². The van der Waals surface area contributed by atoms with E-state index >= 15 is 0 Å². The summed E-state index contributed by atoms with van der Waals surface area (Å²) < 4.78 is 31.5. The molecule has 1 heterocycles. The van der Waals surface area contributed by atoms with E-state index in [4.69, 9.17) is 4.74 Å². The van der Waals surface area contributed by atoms with Gasteiger partial charge in [-0.05, 0) is 56.9 Å². The number of sulfone groups is 1. The Hall–Kier alpha value is -2.49. The molecular weight excluding hydrogens is 434 g/mol. The highest BCUT2D eigenvalue weighted by atomic mass is 32.2. The van der Waals surface area contributed by atoms with Crippen molar-refractivity contribution in [1.82, 2.24) is 9.88 Å². The Morgan fingerprint density at radius 1 is 1.10 bits per heavy atom. The Morgan fingerprint density at radius 2 is 1.81 bits per heavy atom. The molecule has 0 spiro atoms. The number of aromatic nitrogens is 1. The van der Waals surface area contributed by atoms with Gasteiger partial charge in [0.25, 0.3) is 0 Å². The number of carbonyl (C=O) groups excluding carboxylic acids is 1. The molecule has 9 heteroatoms. The van der Waals surface area contributed by atoms with Crippen LogP contribution in [0.5, 0.6) is 5.75 Å². The maximum absolute atomic E-state index is 13.1. The summed E-state index contributed by atoms with van der Waals surface area (Å²) in [5.41, 5.74) is 1.91. The quantitative estimate of drug-likeness (QED) is 0.486. The number of ether oxygens (including phenoxy) is 1. The highest BCUT2D eigenvalue weighted by Gasteiger charge is 2.23. The van der Waals surface area contributed by atoms with Gasteiger partial charge >= 0.3 is 0 Å². The molecular formula is C22H27N3O4S2. The Bertz CT molecular complexity index is 1160. The summed E-state index contributed by atoms with van der Waals surface area (Å²) in [6, 6.07) is 12.1. The van der Waals surface area contributed by atoms with Crippen LogP contribution in [0.4, 0.5) is 5.13 Å². The zero-order valence-electron chi connectivity index (χ0n) is 18.2. The molecule has 166 valence electrons. The van der Waals surface area contributed by atoms with Crippen LogP contribution in [0.1, 0.15) is 12.0 Å². The number of nitrogens with zero attached hydrogens (tertiary/aromatic N) is 3. The molecule has 3 rings (SSSR count). The summed E-state index contributed by atoms with van der Waals surface area (Å²) in [5.74, 6) is 0.0623. The van der Waals surface area contributed by atoms with Gasteiger partial charge in [-0.3, -0.25) is 9.69 Å². The number of rotatable bonds is 9. The molecule has 0 N–H and O–H groups in total. The van der Waals surface area contributed by atoms with Crippen LogP contribution in [0.25, 0.3) is 10.2 Å². The maximum Gasteiger partial charge on any atom is 0.229 e. The summed E-state index contributed by atoms with van der Waals surface area (Å²) in [6.07, 6.45) is -0.114. The normalized spacial score (nSPS) is 11.8. The van der Waals surface area contributed by atoms with Gasteiger partial charge < -0.3 is 9.64 Å². The Morgan fingerprint density at radius 3 is 2.42 bits per heavy atom. The van der Waals surface area contributed by atoms with Crippen molar-refractivity contribution < 1.29 is 17.9 Å². The lowest BCUT2D eigenvalue weighted by Gasteiger charge is -2.22. The third kappa shape index (κ3) is 5.61. The molecule has 0 aliphatic carbocycles. The highest BCUT2D eigenvalue weighted by Crippen LogP contribution is 2.31. The van der Waals surface area contributed by atoms with Crippen molar-refractivity contribution in [2.45, 2.75) is 18.2 Å². The van der Waals surface area contributed by atoms with Gasteiger partial charge in [-0.1, -0.05) is 23.5 Å². The minimum absolute atomic E-state index is 0.114. The van der Waals surface area contributed by atoms with Crippen LogP contribution in [0, 0.1) is 6.92 Å². The fourth-order valence-electron chi connectivity index (χ4n) is 3.07. The fourth-order valence-corrected chi connectivity index (χ4v) is 5.39. The number of methoxy groups -OCH3 is 1. The minimum atomic E-state index is -3.59. The highest BCUT2D eigenvalue weighted by molar-refractivity contribution is 7.91. The monoisotopic (exact) mass is 461 g/mol. The first-order chi connectivity index (χ1) is 14.7. The van der Waals surface area contributed by atoms with Gasteiger partial charge in [0.15, 0.2) is 15.0 Å². The Labute approximate surface area is 187 Å². The number of likely N-dealkylation sites (N-methyl/N-ethyl adjacent to an activating group) is 1. The number of amides is 1. The molecule has 3 aromatic rings. The van der Waals surface area contributed by atoms with Gasteiger partial charge in [0.05, 0.1) is 28.0 Å². The van der Waals surface area contributed by atoms with Crippen LogP contribution in [-0.4, -0.2) is 64.3 Å². The van der Waals surface area contributed by atoms with Crippen molar-refractivity contribution in [2.24, 2.45) is 0 Å². The number of benzene rings is 2. The summed E-state index contributed by atoms with van der Waals surface area (Å²) in [7, 11) is 1.79. The second kappa shape index (κ2) is 9.76. The molecule has 0 aliphatic heterocycles. The summed E-state index contributed by atoms with van der Waals surface area (Å²) in [6.45, 7) is 3.07. The molecule has 2 aromatic carbocycles. The second-order valence-electron chi connectivity index (χ2n) is 7.51. The number of thiazole rings is 1. The van der Waals surface area contributed by atoms with Crippen molar-refractivity contribution >= 4 is 42.4 Å². The average molecular weight is 462 g/mol. The van der Waals surface area contributed by atoms with Crippen molar-refractivity contribution in [3.8, 4) is 5.75 Å². The zero-order valence-corrected chi connectivity index (χ0v) is 19.8. The molecule has 0 atom stereocenters. The van der Waals surface area contributed by atoms with E-state index in [-0.39, 0.29) is 23.0 Å². The first kappa shape index (κ1) is 23.2.